The Balaban J connectivity index is 1.08. The molecule has 0 saturated carbocycles. The first kappa shape index (κ1) is 61.7. The zero-order valence-corrected chi connectivity index (χ0v) is 40.3. The van der Waals surface area contributed by atoms with Gasteiger partial charge in [-0.1, -0.05) is 0 Å². The van der Waals surface area contributed by atoms with Crippen molar-refractivity contribution in [3.8, 4) is 0 Å². The highest BCUT2D eigenvalue weighted by Gasteiger charge is 2.59. The highest BCUT2D eigenvalue weighted by Crippen LogP contribution is 2.39. The Kier molecular flexibility index (Phi) is 20.8. The van der Waals surface area contributed by atoms with Gasteiger partial charge in [-0.2, -0.15) is 0 Å². The molecule has 448 valence electrons. The van der Waals surface area contributed by atoms with Gasteiger partial charge < -0.3 is 174 Å². The first-order valence-electron chi connectivity index (χ1n) is 24.6. The summed E-state index contributed by atoms with van der Waals surface area (Å²) in [6.45, 7) is -7.33. The molecule has 0 aliphatic carbocycles. The molecule has 21 saturated heterocycles. The number of rotatable bonds is 7. The fourth-order valence-electron chi connectivity index (χ4n) is 10.4. The lowest BCUT2D eigenvalue weighted by Gasteiger charge is -2.50. The van der Waals surface area contributed by atoms with Crippen LogP contribution in [0, 0.1) is 0 Å². The van der Waals surface area contributed by atoms with Crippen LogP contribution in [0.5, 0.6) is 0 Å². The quantitative estimate of drug-likeness (QED) is 0.113. The van der Waals surface area contributed by atoms with Gasteiger partial charge in [0.2, 0.25) is 0 Å². The summed E-state index contributed by atoms with van der Waals surface area (Å²) in [6, 6.07) is 0. The molecule has 14 bridgehead atoms. The van der Waals surface area contributed by atoms with Crippen molar-refractivity contribution in [1.29, 1.82) is 0 Å². The maximum atomic E-state index is 11.3. The minimum Gasteiger partial charge on any atom is -0.394 e. The highest BCUT2D eigenvalue weighted by molar-refractivity contribution is 5.01. The number of hydrogen-bond donors (Lipinski definition) is 21. The van der Waals surface area contributed by atoms with E-state index in [0.717, 1.165) is 0 Å². The molecule has 21 rings (SSSR count). The van der Waals surface area contributed by atoms with Crippen molar-refractivity contribution < 1.29 is 174 Å². The molecule has 21 aliphatic heterocycles. The summed E-state index contributed by atoms with van der Waals surface area (Å²) in [6.07, 6.45) is -70.2. The zero-order chi connectivity index (χ0) is 56.1. The minimum absolute atomic E-state index is 1.05. The molecular formula is C42H70O35. The van der Waals surface area contributed by atoms with E-state index in [0.29, 0.717) is 0 Å². The van der Waals surface area contributed by atoms with Crippen LogP contribution in [0.25, 0.3) is 0 Å². The molecule has 0 spiro atoms. The van der Waals surface area contributed by atoms with Crippen LogP contribution in [-0.2, 0) is 66.3 Å². The Hall–Kier alpha value is -1.40. The van der Waals surface area contributed by atoms with E-state index in [2.05, 4.69) is 0 Å². The second-order valence-corrected chi connectivity index (χ2v) is 19.7. The largest absolute Gasteiger partial charge is 0.394 e. The minimum atomic E-state index is -2.21. The van der Waals surface area contributed by atoms with Gasteiger partial charge >= 0.3 is 0 Å². The smallest absolute Gasteiger partial charge is 0.187 e. The molecule has 35 atom stereocenters. The standard InChI is InChI=1S/C42H70O35/c43-1-8-29-15(50)22(57)36(64-8)72-30-9(2-44)66-38(24(59)17(30)52)74-32-11(4-46)68-40(26(61)19(32)54)76-34-13(6-48)70-42(28(63)21(34)56)77-35-14(7-49)69-41(27(62)20(35)55)75-33-12(5-47)67-39(25(60)18(33)53)73-31-10(3-45)65-37(71-29)23(58)16(31)51/h8-63H,1-7H2/t8?,9?,10?,11?,12?,13?,14?,15-,16?,17?,18?,19?,20?,21?,22?,23?,24?,25?,26?,27?,28?,29?,30+,31+,32+,33+,34+,35+,36+,37+,38+,39+,40+,41+,42+/m0/s1. The van der Waals surface area contributed by atoms with Gasteiger partial charge in [0.25, 0.3) is 0 Å². The van der Waals surface area contributed by atoms with Crippen LogP contribution >= 0.6 is 0 Å². The van der Waals surface area contributed by atoms with Crippen LogP contribution < -0.4 is 0 Å². The van der Waals surface area contributed by atoms with Gasteiger partial charge in [0.1, 0.15) is 171 Å². The van der Waals surface area contributed by atoms with Crippen LogP contribution in [0.4, 0.5) is 0 Å². The predicted octanol–water partition coefficient (Wildman–Crippen LogP) is -15.2. The lowest BCUT2D eigenvalue weighted by Crippen LogP contribution is -2.68. The van der Waals surface area contributed by atoms with Crippen LogP contribution in [-0.4, -0.2) is 368 Å². The van der Waals surface area contributed by atoms with Gasteiger partial charge in [-0.15, -0.1) is 0 Å². The monoisotopic (exact) mass is 1130 g/mol. The zero-order valence-electron chi connectivity index (χ0n) is 40.3. The van der Waals surface area contributed by atoms with Gasteiger partial charge in [0.05, 0.1) is 46.2 Å². The topological polar surface area (TPSA) is 554 Å². The van der Waals surface area contributed by atoms with Crippen molar-refractivity contribution in [3.05, 3.63) is 0 Å². The van der Waals surface area contributed by atoms with Crippen molar-refractivity contribution in [3.63, 3.8) is 0 Å². The summed E-state index contributed by atoms with van der Waals surface area (Å²) in [5.41, 5.74) is 0. The van der Waals surface area contributed by atoms with E-state index in [1.165, 1.54) is 0 Å². The maximum absolute atomic E-state index is 11.3. The molecule has 0 aromatic carbocycles. The van der Waals surface area contributed by atoms with Gasteiger partial charge in [0.15, 0.2) is 44.0 Å². The average molecular weight is 1130 g/mol. The molecule has 0 amide bonds. The molecule has 21 fully saturated rings. The van der Waals surface area contributed by atoms with E-state index in [1.54, 1.807) is 0 Å². The van der Waals surface area contributed by atoms with E-state index in [4.69, 9.17) is 66.3 Å². The molecule has 21 N–H and O–H groups in total. The van der Waals surface area contributed by atoms with Crippen LogP contribution in [0.1, 0.15) is 0 Å². The Morgan fingerprint density at radius 1 is 0.156 bits per heavy atom. The number of aliphatic hydroxyl groups is 21. The van der Waals surface area contributed by atoms with Crippen molar-refractivity contribution >= 4 is 0 Å². The highest BCUT2D eigenvalue weighted by atomic mass is 16.8. The van der Waals surface area contributed by atoms with Gasteiger partial charge in [-0.05, 0) is 0 Å². The third kappa shape index (κ3) is 12.1. The Labute approximate surface area is 434 Å². The van der Waals surface area contributed by atoms with E-state index < -0.39 is 261 Å². The summed E-state index contributed by atoms with van der Waals surface area (Å²) in [7, 11) is 0. The van der Waals surface area contributed by atoms with Crippen molar-refractivity contribution in [2.75, 3.05) is 46.2 Å². The summed E-state index contributed by atoms with van der Waals surface area (Å²) in [5.74, 6) is 0. The first-order chi connectivity index (χ1) is 36.7. The lowest BCUT2D eigenvalue weighted by atomic mass is 9.95. The average Bonchev–Trinajstić information content (AvgIpc) is 3.47. The summed E-state index contributed by atoms with van der Waals surface area (Å²) in [5, 5.41) is 230. The third-order valence-electron chi connectivity index (χ3n) is 14.8. The van der Waals surface area contributed by atoms with Gasteiger partial charge in [-0.3, -0.25) is 0 Å². The van der Waals surface area contributed by atoms with Crippen LogP contribution in [0.15, 0.2) is 0 Å². The van der Waals surface area contributed by atoms with Gasteiger partial charge in [-0.25, -0.2) is 0 Å². The number of ether oxygens (including phenoxy) is 14. The number of aliphatic hydroxyl groups excluding tert-OH is 21. The fraction of sp³-hybridized carbons (Fsp3) is 1.00. The van der Waals surface area contributed by atoms with Crippen LogP contribution in [0.2, 0.25) is 0 Å². The predicted molar refractivity (Wildman–Crippen MR) is 228 cm³/mol. The Bertz CT molecular complexity index is 1470. The van der Waals surface area contributed by atoms with E-state index in [-0.39, 0.29) is 0 Å². The van der Waals surface area contributed by atoms with Gasteiger partial charge in [0, 0.05) is 0 Å². The van der Waals surface area contributed by atoms with Crippen LogP contribution in [0.3, 0.4) is 0 Å². The SMILES string of the molecule is OCC1O[C@@H]2O[C@@H]3C(CO)O[C@H](O[C@@H]4C(CO)O[C@H](O[C@@H]5C(CO)O[C@H](O[C@@H]6C(CO)O[C@H](O[C@@H]7C(CO)O[C@H](O[C@@H]8C(CO)O[C@H](OC1[C@@H](O)C2O)C(O)C8O)C(O)C7O)C(O)C6O)C(O)C5O)C(O)C4O)C(O)C3O. The third-order valence-corrected chi connectivity index (χ3v) is 14.8. The molecule has 0 aromatic rings. The van der Waals surface area contributed by atoms with Crippen molar-refractivity contribution in [2.45, 2.75) is 215 Å². The van der Waals surface area contributed by atoms with E-state index in [1.807, 2.05) is 0 Å². The molecule has 77 heavy (non-hydrogen) atoms. The van der Waals surface area contributed by atoms with Crippen molar-refractivity contribution in [1.82, 2.24) is 0 Å². The Morgan fingerprint density at radius 2 is 0.260 bits per heavy atom. The Morgan fingerprint density at radius 3 is 0.351 bits per heavy atom. The number of hydrogen-bond acceptors (Lipinski definition) is 35. The normalized spacial score (nSPS) is 55.4. The molecule has 35 nitrogen and oxygen atoms in total. The molecule has 0 radical (unpaired) electrons. The molecular weight excluding hydrogens is 1060 g/mol. The van der Waals surface area contributed by atoms with E-state index >= 15 is 0 Å². The molecule has 0 aromatic heterocycles. The van der Waals surface area contributed by atoms with Crippen molar-refractivity contribution in [2.24, 2.45) is 0 Å². The first-order valence-corrected chi connectivity index (χ1v) is 24.6. The second-order valence-electron chi connectivity index (χ2n) is 19.7. The fourth-order valence-corrected chi connectivity index (χ4v) is 10.4. The molecule has 21 aliphatic rings. The summed E-state index contributed by atoms with van der Waals surface area (Å²) < 4.78 is 79.5. The molecule has 35 heteroatoms. The lowest BCUT2D eigenvalue weighted by molar-refractivity contribution is -0.396. The second kappa shape index (κ2) is 26.0. The molecule has 21 unspecified atom stereocenters. The maximum Gasteiger partial charge on any atom is 0.187 e. The molecule has 21 heterocycles. The summed E-state index contributed by atoms with van der Waals surface area (Å²) >= 11 is 0. The summed E-state index contributed by atoms with van der Waals surface area (Å²) in [4.78, 5) is 0. The van der Waals surface area contributed by atoms with E-state index in [9.17, 15) is 107 Å².